The Balaban J connectivity index is 3.31. The zero-order valence-corrected chi connectivity index (χ0v) is 8.30. The summed E-state index contributed by atoms with van der Waals surface area (Å²) in [6.07, 6.45) is -4.46. The first-order valence-electron chi connectivity index (χ1n) is 3.51. The molecule has 1 aromatic carbocycles. The Bertz CT molecular complexity index is 362. The smallest absolute Gasteiger partial charge is 0.410 e. The largest absolute Gasteiger partial charge is 0.417 e. The van der Waals surface area contributed by atoms with Gasteiger partial charge in [0.1, 0.15) is 0 Å². The zero-order chi connectivity index (χ0) is 10.8. The molecule has 6 heteroatoms. The fourth-order valence-corrected chi connectivity index (χ4v) is 1.31. The van der Waals surface area contributed by atoms with Crippen molar-refractivity contribution in [3.8, 4) is 0 Å². The van der Waals surface area contributed by atoms with Gasteiger partial charge in [0, 0.05) is 5.56 Å². The number of rotatable bonds is 1. The van der Waals surface area contributed by atoms with Crippen LogP contribution in [0.2, 0.25) is 0 Å². The molecule has 0 amide bonds. The number of benzene rings is 1. The van der Waals surface area contributed by atoms with Crippen LogP contribution in [0.25, 0.3) is 0 Å². The van der Waals surface area contributed by atoms with E-state index in [2.05, 4.69) is 21.1 Å². The molecule has 0 aromatic heterocycles. The molecule has 2 nitrogen and oxygen atoms in total. The van der Waals surface area contributed by atoms with Crippen molar-refractivity contribution in [1.29, 1.82) is 0 Å². The summed E-state index contributed by atoms with van der Waals surface area (Å²) in [6.45, 7) is 0. The second kappa shape index (κ2) is 4.00. The number of hydrogen-bond acceptors (Lipinski definition) is 2. The molecule has 76 valence electrons. The van der Waals surface area contributed by atoms with Gasteiger partial charge in [0.2, 0.25) is 0 Å². The van der Waals surface area contributed by atoms with E-state index in [0.29, 0.717) is 0 Å². The Kier molecular flexibility index (Phi) is 3.15. The van der Waals surface area contributed by atoms with Crippen LogP contribution in [0.4, 0.5) is 13.2 Å². The summed E-state index contributed by atoms with van der Waals surface area (Å²) in [5, 5.41) is 11.0. The van der Waals surface area contributed by atoms with Gasteiger partial charge in [-0.05, 0) is 22.0 Å². The molecule has 0 radical (unpaired) electrons. The maximum Gasteiger partial charge on any atom is 0.417 e. The van der Waals surface area contributed by atoms with E-state index in [9.17, 15) is 13.2 Å². The van der Waals surface area contributed by atoms with Gasteiger partial charge in [0.05, 0.1) is 5.56 Å². The van der Waals surface area contributed by atoms with Crippen molar-refractivity contribution in [1.82, 2.24) is 0 Å². The predicted octanol–water partition coefficient (Wildman–Crippen LogP) is 3.24. The van der Waals surface area contributed by atoms with Crippen molar-refractivity contribution in [2.24, 2.45) is 5.16 Å². The molecule has 0 spiro atoms. The molecule has 0 heterocycles. The Morgan fingerprint density at radius 1 is 1.29 bits per heavy atom. The Labute approximate surface area is 86.2 Å². The SMILES string of the molecule is ON=C(Br)c1ccccc1C(F)(F)F. The summed E-state index contributed by atoms with van der Waals surface area (Å²) in [4.78, 5) is 0. The summed E-state index contributed by atoms with van der Waals surface area (Å²) < 4.78 is 36.9. The maximum absolute atomic E-state index is 12.4. The van der Waals surface area contributed by atoms with Crippen molar-refractivity contribution in [3.05, 3.63) is 35.4 Å². The monoisotopic (exact) mass is 267 g/mol. The second-order valence-corrected chi connectivity index (χ2v) is 3.19. The van der Waals surface area contributed by atoms with Gasteiger partial charge in [-0.3, -0.25) is 0 Å². The highest BCUT2D eigenvalue weighted by Gasteiger charge is 2.33. The third-order valence-corrected chi connectivity index (χ3v) is 2.13. The van der Waals surface area contributed by atoms with E-state index in [1.54, 1.807) is 0 Å². The average molecular weight is 268 g/mol. The number of alkyl halides is 3. The van der Waals surface area contributed by atoms with E-state index in [1.165, 1.54) is 18.2 Å². The Morgan fingerprint density at radius 3 is 2.36 bits per heavy atom. The average Bonchev–Trinajstić information content (AvgIpc) is 2.15. The molecule has 0 unspecified atom stereocenters. The van der Waals surface area contributed by atoms with Gasteiger partial charge >= 0.3 is 6.18 Å². The lowest BCUT2D eigenvalue weighted by Crippen LogP contribution is -2.10. The first-order chi connectivity index (χ1) is 6.46. The molecule has 0 saturated heterocycles. The van der Waals surface area contributed by atoms with Crippen LogP contribution in [-0.2, 0) is 6.18 Å². The minimum absolute atomic E-state index is 0.192. The molecule has 0 fully saturated rings. The fraction of sp³-hybridized carbons (Fsp3) is 0.125. The van der Waals surface area contributed by atoms with Crippen LogP contribution in [0.5, 0.6) is 0 Å². The Morgan fingerprint density at radius 2 is 1.86 bits per heavy atom. The third-order valence-electron chi connectivity index (χ3n) is 1.54. The second-order valence-electron chi connectivity index (χ2n) is 2.43. The Hall–Kier alpha value is -1.04. The molecule has 1 N–H and O–H groups in total. The first-order valence-corrected chi connectivity index (χ1v) is 4.30. The van der Waals surface area contributed by atoms with Gasteiger partial charge < -0.3 is 5.21 Å². The minimum atomic E-state index is -4.46. The highest BCUT2D eigenvalue weighted by Crippen LogP contribution is 2.32. The lowest BCUT2D eigenvalue weighted by Gasteiger charge is -2.10. The lowest BCUT2D eigenvalue weighted by atomic mass is 10.1. The van der Waals surface area contributed by atoms with Crippen molar-refractivity contribution < 1.29 is 18.4 Å². The molecule has 0 saturated carbocycles. The lowest BCUT2D eigenvalue weighted by molar-refractivity contribution is -0.137. The molecular formula is C8H5BrF3NO. The van der Waals surface area contributed by atoms with Crippen LogP contribution in [0, 0.1) is 0 Å². The number of halogens is 4. The highest BCUT2D eigenvalue weighted by molar-refractivity contribution is 9.18. The van der Waals surface area contributed by atoms with Gasteiger partial charge in [-0.15, -0.1) is 0 Å². The standard InChI is InChI=1S/C8H5BrF3NO/c9-7(13-14)5-3-1-2-4-6(5)8(10,11)12/h1-4,14H. The van der Waals surface area contributed by atoms with E-state index < -0.39 is 11.7 Å². The quantitative estimate of drug-likeness (QED) is 0.473. The topological polar surface area (TPSA) is 32.6 Å². The first kappa shape index (κ1) is 11.0. The maximum atomic E-state index is 12.4. The summed E-state index contributed by atoms with van der Waals surface area (Å²) in [7, 11) is 0. The van der Waals surface area contributed by atoms with Crippen molar-refractivity contribution in [3.63, 3.8) is 0 Å². The molecule has 0 atom stereocenters. The fourth-order valence-electron chi connectivity index (χ4n) is 0.964. The van der Waals surface area contributed by atoms with Crippen LogP contribution in [0.15, 0.2) is 29.4 Å². The molecule has 14 heavy (non-hydrogen) atoms. The summed E-state index contributed by atoms with van der Waals surface area (Å²) in [6, 6.07) is 4.83. The normalized spacial score (nSPS) is 13.0. The van der Waals surface area contributed by atoms with Crippen LogP contribution in [-0.4, -0.2) is 9.83 Å². The van der Waals surface area contributed by atoms with E-state index in [4.69, 9.17) is 5.21 Å². The molecule has 0 aliphatic rings. The zero-order valence-electron chi connectivity index (χ0n) is 6.72. The van der Waals surface area contributed by atoms with E-state index in [0.717, 1.165) is 6.07 Å². The summed E-state index contributed by atoms with van der Waals surface area (Å²) >= 11 is 2.73. The number of oxime groups is 1. The van der Waals surface area contributed by atoms with E-state index in [-0.39, 0.29) is 10.2 Å². The summed E-state index contributed by atoms with van der Waals surface area (Å²) in [5.41, 5.74) is -1.04. The van der Waals surface area contributed by atoms with Crippen LogP contribution in [0.1, 0.15) is 11.1 Å². The molecule has 0 bridgehead atoms. The van der Waals surface area contributed by atoms with Crippen molar-refractivity contribution in [2.45, 2.75) is 6.18 Å². The minimum Gasteiger partial charge on any atom is -0.410 e. The van der Waals surface area contributed by atoms with E-state index in [1.807, 2.05) is 0 Å². The molecule has 1 aromatic rings. The van der Waals surface area contributed by atoms with Gasteiger partial charge in [-0.1, -0.05) is 23.4 Å². The van der Waals surface area contributed by atoms with Gasteiger partial charge in [-0.2, -0.15) is 13.2 Å². The summed E-state index contributed by atoms with van der Waals surface area (Å²) in [5.74, 6) is 0. The number of nitrogens with zero attached hydrogens (tertiary/aromatic N) is 1. The van der Waals surface area contributed by atoms with E-state index >= 15 is 0 Å². The van der Waals surface area contributed by atoms with Crippen molar-refractivity contribution >= 4 is 20.6 Å². The predicted molar refractivity (Wildman–Crippen MR) is 48.7 cm³/mol. The van der Waals surface area contributed by atoms with Gasteiger partial charge in [-0.25, -0.2) is 0 Å². The highest BCUT2D eigenvalue weighted by atomic mass is 79.9. The molecular weight excluding hydrogens is 263 g/mol. The van der Waals surface area contributed by atoms with Gasteiger partial charge in [0.25, 0.3) is 0 Å². The third kappa shape index (κ3) is 2.25. The van der Waals surface area contributed by atoms with Gasteiger partial charge in [0.15, 0.2) is 4.62 Å². The van der Waals surface area contributed by atoms with Crippen LogP contribution in [0.3, 0.4) is 0 Å². The molecule has 1 rings (SSSR count). The van der Waals surface area contributed by atoms with Crippen molar-refractivity contribution in [2.75, 3.05) is 0 Å². The molecule has 0 aliphatic carbocycles. The molecule has 0 aliphatic heterocycles. The number of hydrogen-bond donors (Lipinski definition) is 1. The van der Waals surface area contributed by atoms with Crippen LogP contribution < -0.4 is 0 Å². The van der Waals surface area contributed by atoms with Crippen LogP contribution >= 0.6 is 15.9 Å².